The van der Waals surface area contributed by atoms with E-state index in [-0.39, 0.29) is 37.5 Å². The minimum absolute atomic E-state index is 0.115. The maximum atomic E-state index is 12.9. The topological polar surface area (TPSA) is 78.9 Å². The van der Waals surface area contributed by atoms with Crippen LogP contribution in [0.1, 0.15) is 245 Å². The highest BCUT2D eigenvalue weighted by Crippen LogP contribution is 2.16. The standard InChI is InChI=1S/C64H104O6/c1-4-7-10-13-16-19-22-25-28-30-32-34-36-39-42-45-48-51-54-57-63(66)69-60-61(59-68-62(65)56-53-50-47-44-41-38-35-27-24-21-18-15-12-9-6-3)70-64(67)58-55-52-49-46-43-40-37-33-31-29-26-23-20-17-14-11-8-5-2/h7,9-10,12,15-16,18-19,21,24-25,27-28,32,34-35,39,42,48,51,61H,4-6,8,11,13-14,17,20,22-23,26,29-31,33,36-38,40-41,43-47,49-50,52-60H2,1-3H3/b10-7-,12-9-,18-15-,19-16-,24-21-,28-25-,34-32-,35-27-,42-39-,51-48-. The fraction of sp³-hybridized carbons (Fsp3) is 0.641. The van der Waals surface area contributed by atoms with Crippen LogP contribution in [-0.4, -0.2) is 37.2 Å². The minimum atomic E-state index is -0.821. The molecular formula is C64H104O6. The van der Waals surface area contributed by atoms with Gasteiger partial charge in [0.05, 0.1) is 0 Å². The van der Waals surface area contributed by atoms with Crippen molar-refractivity contribution in [2.75, 3.05) is 13.2 Å². The first kappa shape index (κ1) is 65.8. The lowest BCUT2D eigenvalue weighted by Gasteiger charge is -2.18. The molecule has 396 valence electrons. The van der Waals surface area contributed by atoms with E-state index in [4.69, 9.17) is 14.2 Å². The lowest BCUT2D eigenvalue weighted by Crippen LogP contribution is -2.30. The number of ether oxygens (including phenoxy) is 3. The largest absolute Gasteiger partial charge is 0.462 e. The molecule has 1 unspecified atom stereocenters. The SMILES string of the molecule is CC\C=C/C=C\C=C/C=C\CCCCCCCC(=O)OCC(COC(=O)CC/C=C\C/C=C\C/C=C\C/C=C\C/C=C\C/C=C\CC)OC(=O)CCCCCCCCCCCCCCCCCCCC. The lowest BCUT2D eigenvalue weighted by atomic mass is 10.0. The molecule has 0 saturated carbocycles. The van der Waals surface area contributed by atoms with Gasteiger partial charge >= 0.3 is 17.9 Å². The second-order valence-corrected chi connectivity index (χ2v) is 18.5. The molecule has 0 amide bonds. The molecule has 0 spiro atoms. The molecule has 0 fully saturated rings. The Labute approximate surface area is 431 Å². The first-order chi connectivity index (χ1) is 34.5. The van der Waals surface area contributed by atoms with E-state index in [2.05, 4.69) is 118 Å². The van der Waals surface area contributed by atoms with Crippen molar-refractivity contribution in [3.63, 3.8) is 0 Å². The van der Waals surface area contributed by atoms with Gasteiger partial charge in [-0.1, -0.05) is 271 Å². The monoisotopic (exact) mass is 969 g/mol. The zero-order valence-electron chi connectivity index (χ0n) is 45.2. The van der Waals surface area contributed by atoms with Crippen molar-refractivity contribution in [2.45, 2.75) is 252 Å². The molecule has 70 heavy (non-hydrogen) atoms. The summed E-state index contributed by atoms with van der Waals surface area (Å²) in [7, 11) is 0. The number of rotatable bonds is 50. The van der Waals surface area contributed by atoms with Crippen molar-refractivity contribution >= 4 is 17.9 Å². The van der Waals surface area contributed by atoms with Crippen LogP contribution in [0.15, 0.2) is 122 Å². The van der Waals surface area contributed by atoms with Crippen LogP contribution in [0.2, 0.25) is 0 Å². The molecule has 0 aliphatic rings. The summed E-state index contributed by atoms with van der Waals surface area (Å²) in [6, 6.07) is 0. The highest BCUT2D eigenvalue weighted by atomic mass is 16.6. The maximum absolute atomic E-state index is 12.9. The van der Waals surface area contributed by atoms with Gasteiger partial charge in [0.1, 0.15) is 13.2 Å². The minimum Gasteiger partial charge on any atom is -0.462 e. The van der Waals surface area contributed by atoms with Crippen molar-refractivity contribution < 1.29 is 28.6 Å². The van der Waals surface area contributed by atoms with Crippen molar-refractivity contribution in [2.24, 2.45) is 0 Å². The van der Waals surface area contributed by atoms with Gasteiger partial charge in [0.15, 0.2) is 6.10 Å². The Balaban J connectivity index is 4.53. The van der Waals surface area contributed by atoms with Crippen LogP contribution in [0.4, 0.5) is 0 Å². The normalized spacial score (nSPS) is 13.0. The Morgan fingerprint density at radius 3 is 1.10 bits per heavy atom. The van der Waals surface area contributed by atoms with Gasteiger partial charge in [0.2, 0.25) is 0 Å². The molecule has 0 aliphatic heterocycles. The van der Waals surface area contributed by atoms with Crippen LogP contribution < -0.4 is 0 Å². The number of allylic oxidation sites excluding steroid dienone is 20. The van der Waals surface area contributed by atoms with Gasteiger partial charge in [-0.05, 0) is 77.0 Å². The Morgan fingerprint density at radius 1 is 0.314 bits per heavy atom. The second kappa shape index (κ2) is 57.4. The smallest absolute Gasteiger partial charge is 0.306 e. The third-order valence-electron chi connectivity index (χ3n) is 11.8. The van der Waals surface area contributed by atoms with Gasteiger partial charge in [0.25, 0.3) is 0 Å². The van der Waals surface area contributed by atoms with Gasteiger partial charge in [-0.2, -0.15) is 0 Å². The van der Waals surface area contributed by atoms with Crippen LogP contribution >= 0.6 is 0 Å². The van der Waals surface area contributed by atoms with E-state index < -0.39 is 6.10 Å². The molecule has 0 bridgehead atoms. The van der Waals surface area contributed by atoms with Crippen LogP contribution in [0.5, 0.6) is 0 Å². The third kappa shape index (κ3) is 54.7. The fourth-order valence-corrected chi connectivity index (χ4v) is 7.60. The number of hydrogen-bond donors (Lipinski definition) is 0. The molecule has 0 radical (unpaired) electrons. The molecule has 6 nitrogen and oxygen atoms in total. The summed E-state index contributed by atoms with van der Waals surface area (Å²) in [5, 5.41) is 0. The average molecular weight is 970 g/mol. The van der Waals surface area contributed by atoms with Gasteiger partial charge in [0, 0.05) is 19.3 Å². The molecule has 0 aromatic heterocycles. The Bertz CT molecular complexity index is 1490. The van der Waals surface area contributed by atoms with Crippen molar-refractivity contribution in [3.05, 3.63) is 122 Å². The van der Waals surface area contributed by atoms with Crippen molar-refractivity contribution in [3.8, 4) is 0 Å². The third-order valence-corrected chi connectivity index (χ3v) is 11.8. The van der Waals surface area contributed by atoms with Gasteiger partial charge in [-0.15, -0.1) is 0 Å². The molecule has 0 N–H and O–H groups in total. The summed E-state index contributed by atoms with van der Waals surface area (Å²) in [5.41, 5.74) is 0. The number of unbranched alkanes of at least 4 members (excludes halogenated alkanes) is 22. The highest BCUT2D eigenvalue weighted by Gasteiger charge is 2.19. The van der Waals surface area contributed by atoms with Crippen LogP contribution in [-0.2, 0) is 28.6 Å². The quantitative estimate of drug-likeness (QED) is 0.0199. The fourth-order valence-electron chi connectivity index (χ4n) is 7.60. The average Bonchev–Trinajstić information content (AvgIpc) is 3.36. The zero-order valence-corrected chi connectivity index (χ0v) is 45.2. The molecule has 1 atom stereocenters. The Kier molecular flexibility index (Phi) is 54.0. The number of esters is 3. The molecule has 0 aromatic carbocycles. The van der Waals surface area contributed by atoms with Crippen molar-refractivity contribution in [1.29, 1.82) is 0 Å². The maximum Gasteiger partial charge on any atom is 0.306 e. The van der Waals surface area contributed by atoms with Gasteiger partial charge < -0.3 is 14.2 Å². The van der Waals surface area contributed by atoms with E-state index in [0.717, 1.165) is 103 Å². The molecule has 0 saturated heterocycles. The van der Waals surface area contributed by atoms with Gasteiger partial charge in [-0.3, -0.25) is 14.4 Å². The summed E-state index contributed by atoms with van der Waals surface area (Å²) >= 11 is 0. The molecule has 0 aliphatic carbocycles. The predicted octanol–water partition coefficient (Wildman–Crippen LogP) is 19.3. The molecule has 6 heteroatoms. The van der Waals surface area contributed by atoms with E-state index in [0.29, 0.717) is 19.3 Å². The first-order valence-corrected chi connectivity index (χ1v) is 28.6. The van der Waals surface area contributed by atoms with E-state index >= 15 is 0 Å². The van der Waals surface area contributed by atoms with E-state index in [1.165, 1.54) is 96.3 Å². The zero-order chi connectivity index (χ0) is 50.7. The Hall–Kier alpha value is -4.19. The summed E-state index contributed by atoms with van der Waals surface area (Å²) in [4.78, 5) is 38.1. The first-order valence-electron chi connectivity index (χ1n) is 28.6. The second-order valence-electron chi connectivity index (χ2n) is 18.5. The molecule has 0 rings (SSSR count). The molecule has 0 heterocycles. The molecular weight excluding hydrogens is 865 g/mol. The summed E-state index contributed by atoms with van der Waals surface area (Å²) in [6.07, 6.45) is 79.1. The molecule has 0 aromatic rings. The van der Waals surface area contributed by atoms with Crippen LogP contribution in [0.25, 0.3) is 0 Å². The van der Waals surface area contributed by atoms with E-state index in [1.807, 2.05) is 24.3 Å². The summed E-state index contributed by atoms with van der Waals surface area (Å²) in [5.74, 6) is -1.02. The summed E-state index contributed by atoms with van der Waals surface area (Å²) < 4.78 is 16.8. The van der Waals surface area contributed by atoms with Gasteiger partial charge in [-0.25, -0.2) is 0 Å². The number of carbonyl (C=O) groups excluding carboxylic acids is 3. The summed E-state index contributed by atoms with van der Waals surface area (Å²) in [6.45, 7) is 6.31. The lowest BCUT2D eigenvalue weighted by molar-refractivity contribution is -0.166. The van der Waals surface area contributed by atoms with E-state index in [1.54, 1.807) is 0 Å². The van der Waals surface area contributed by atoms with Crippen LogP contribution in [0.3, 0.4) is 0 Å². The predicted molar refractivity (Wildman–Crippen MR) is 302 cm³/mol. The van der Waals surface area contributed by atoms with Crippen LogP contribution in [0, 0.1) is 0 Å². The Morgan fingerprint density at radius 2 is 0.657 bits per heavy atom. The number of hydrogen-bond acceptors (Lipinski definition) is 6. The number of carbonyl (C=O) groups is 3. The van der Waals surface area contributed by atoms with E-state index in [9.17, 15) is 14.4 Å². The van der Waals surface area contributed by atoms with Crippen molar-refractivity contribution in [1.82, 2.24) is 0 Å². The highest BCUT2D eigenvalue weighted by molar-refractivity contribution is 5.71.